The van der Waals surface area contributed by atoms with Crippen LogP contribution in [0.3, 0.4) is 0 Å². The fourth-order valence-electron chi connectivity index (χ4n) is 24.3. The topological polar surface area (TPSA) is 70.6 Å². The smallest absolute Gasteiger partial charge is 0.216 e. The van der Waals surface area contributed by atoms with Crippen molar-refractivity contribution < 1.29 is 28.1 Å². The first kappa shape index (κ1) is 104. The van der Waals surface area contributed by atoms with E-state index in [2.05, 4.69) is 514 Å². The molecule has 0 N–H and O–H groups in total. The zero-order valence-electron chi connectivity index (χ0n) is 94.1. The van der Waals surface area contributed by atoms with Gasteiger partial charge in [-0.3, -0.25) is 0 Å². The lowest BCUT2D eigenvalue weighted by molar-refractivity contribution is -0.660. The molecule has 1 aliphatic carbocycles. The van der Waals surface area contributed by atoms with Crippen LogP contribution in [-0.2, 0) is 41.2 Å². The van der Waals surface area contributed by atoms with Crippen LogP contribution in [0.1, 0.15) is 203 Å². The summed E-state index contributed by atoms with van der Waals surface area (Å²) >= 11 is 1.90. The SMILES string of the molecule is Cc1cc(-c2c(C)ccc3c2Oc2ccccc2O3)[n+](C)cc1C.Cc1cc2c(cc1N1C=CN(C)[C@@H]1C)C(C)(C)c1ccccc1C2(C)C.Cc1cc2c(cc1N1C=CN(C)[C@@H]1C)C(C)(C)c1ccccc1[Si]2(C)C.Cc1cc2c(cc1N1C=CN(C)[C@@H]1C)Sc1ccccc1C2(C)C.Cc1cc2c(cc1N1C=CN(C)[C@@H]1C)[Si](C)(C)c1ccccc1C2(C)C.Cc1ccc(-c2c(C)ccc3c2Oc2ccccc2O3)[n+](C)c1. The van der Waals surface area contributed by atoms with Gasteiger partial charge in [0.25, 0.3) is 0 Å². The van der Waals surface area contributed by atoms with Gasteiger partial charge in [0, 0.05) is 161 Å². The Bertz CT molecular complexity index is 7430. The van der Waals surface area contributed by atoms with Crippen LogP contribution in [0.5, 0.6) is 46.0 Å². The zero-order valence-corrected chi connectivity index (χ0v) is 96.9. The molecule has 0 bridgehead atoms. The Morgan fingerprint density at radius 1 is 0.262 bits per heavy atom. The minimum atomic E-state index is -1.73. The molecule has 14 aromatic rings. The maximum atomic E-state index is 6.23. The molecule has 0 saturated carbocycles. The van der Waals surface area contributed by atoms with Crippen molar-refractivity contribution in [2.24, 2.45) is 14.1 Å². The summed E-state index contributed by atoms with van der Waals surface area (Å²) in [7, 11) is 9.26. The number of aryl methyl sites for hydroxylation is 11. The highest BCUT2D eigenvalue weighted by Gasteiger charge is 2.48. The predicted octanol–water partition coefficient (Wildman–Crippen LogP) is 28.6. The Balaban J connectivity index is 0.000000112. The van der Waals surface area contributed by atoms with Gasteiger partial charge in [0.05, 0.1) is 11.1 Å². The third-order valence-corrected chi connectivity index (χ3v) is 42.5. The molecule has 0 amide bonds. The van der Waals surface area contributed by atoms with E-state index in [0.717, 1.165) is 79.6 Å². The summed E-state index contributed by atoms with van der Waals surface area (Å²) in [6, 6.07) is 85.7. The van der Waals surface area contributed by atoms with Crippen LogP contribution in [0.4, 0.5) is 22.7 Å². The second-order valence-electron chi connectivity index (χ2n) is 46.6. The molecule has 149 heavy (non-hydrogen) atoms. The molecular weight excluding hydrogens is 1880 g/mol. The molecular formula is C132H152N10O4SSi2+2. The van der Waals surface area contributed by atoms with Crippen molar-refractivity contribution >= 4 is 71.4 Å². The lowest BCUT2D eigenvalue weighted by atomic mass is 9.59. The molecule has 0 saturated heterocycles. The summed E-state index contributed by atoms with van der Waals surface area (Å²) in [5.74, 6) is 6.09. The van der Waals surface area contributed by atoms with E-state index in [1.54, 1.807) is 20.7 Å². The summed E-state index contributed by atoms with van der Waals surface area (Å²) < 4.78 is 28.8. The van der Waals surface area contributed by atoms with Gasteiger partial charge in [-0.25, -0.2) is 9.13 Å². The van der Waals surface area contributed by atoms with Crippen LogP contribution in [-0.4, -0.2) is 88.6 Å². The van der Waals surface area contributed by atoms with Gasteiger partial charge in [-0.2, -0.15) is 0 Å². The standard InChI is InChI=1S/C24H30N2.2C23H30N2Si.C21H24N2S.C21H20NO2.C20H18NO2/c1-16-14-20-21(15-22(16)26-13-12-25(7)17(26)2)24(5,6)19-11-9-8-10-18(19)23(20,3)4;1-16-14-22-19(15-20(16)25-13-12-24(5)17(25)2)23(3,4)18-10-8-9-11-21(18)26(22,6)7;1-16-14-19-22(15-20(16)25-13-12-24(5)17(25)2)26(6,7)21-11-9-8-10-18(21)23(19,3)4;1-14-12-17-20(13-18(14)23-11-10-22(5)15(23)2)24-19-9-7-6-8-16(19)21(17,3)4;1-13-9-10-19-21(24-18-8-6-5-7-17(18)23-19)20(13)16-11-14(2)15(3)12-22(16)4;1-13-8-10-15(21(3)12-13)19-14(2)9-11-18-20(19)23-17-7-5-4-6-16(17)22-18/h3*8-15,17H,1-7H3;6-13,15H,1-5H3;5-12H,1-4H3;4-12H,1-3H3/q;;;;2*+1/t3*17-;15-;;/m0000../s1. The van der Waals surface area contributed by atoms with E-state index in [9.17, 15) is 0 Å². The van der Waals surface area contributed by atoms with Crippen molar-refractivity contribution in [3.63, 3.8) is 0 Å². The lowest BCUT2D eigenvalue weighted by Crippen LogP contribution is -2.62. The molecule has 14 nitrogen and oxygen atoms in total. The van der Waals surface area contributed by atoms with Crippen LogP contribution in [0, 0.1) is 62.3 Å². The minimum absolute atomic E-state index is 0.00246. The van der Waals surface area contributed by atoms with Gasteiger partial charge >= 0.3 is 0 Å². The van der Waals surface area contributed by atoms with E-state index in [4.69, 9.17) is 18.9 Å². The fraction of sp³-hybridized carbons (Fsp3) is 0.318. The molecule has 0 unspecified atom stereocenters. The van der Waals surface area contributed by atoms with Crippen molar-refractivity contribution in [1.82, 2.24) is 19.6 Å². The van der Waals surface area contributed by atoms with Crippen LogP contribution in [0.15, 0.2) is 308 Å². The number of hydrogen-bond acceptors (Lipinski definition) is 13. The Kier molecular flexibility index (Phi) is 27.2. The maximum absolute atomic E-state index is 6.23. The number of pyridine rings is 2. The van der Waals surface area contributed by atoms with Gasteiger partial charge in [0.1, 0.15) is 54.9 Å². The Hall–Kier alpha value is -13.7. The average molecular weight is 2030 g/mol. The molecule has 0 fully saturated rings. The van der Waals surface area contributed by atoms with E-state index in [0.29, 0.717) is 24.7 Å². The second-order valence-corrected chi connectivity index (χ2v) is 56.4. The second kappa shape index (κ2) is 39.0. The minimum Gasteiger partial charge on any atom is -0.449 e. The zero-order chi connectivity index (χ0) is 106. The highest BCUT2D eigenvalue weighted by atomic mass is 32.2. The number of anilines is 4. The van der Waals surface area contributed by atoms with E-state index >= 15 is 0 Å². The summed E-state index contributed by atoms with van der Waals surface area (Å²) in [6.07, 6.45) is 23.2. The average Bonchev–Trinajstić information content (AvgIpc) is 1.47. The molecule has 2 aromatic heterocycles. The van der Waals surface area contributed by atoms with Crippen LogP contribution >= 0.6 is 11.8 Å². The van der Waals surface area contributed by atoms with Crippen molar-refractivity contribution in [1.29, 1.82) is 0 Å². The molecule has 10 aliphatic rings. The molecule has 12 aromatic carbocycles. The predicted molar refractivity (Wildman–Crippen MR) is 627 cm³/mol. The fourth-order valence-corrected chi connectivity index (χ4v) is 32.6. The summed E-state index contributed by atoms with van der Waals surface area (Å²) in [4.78, 5) is 21.4. The molecule has 11 heterocycles. The first-order valence-electron chi connectivity index (χ1n) is 53.1. The Labute approximate surface area is 894 Å². The first-order chi connectivity index (χ1) is 70.5. The summed E-state index contributed by atoms with van der Waals surface area (Å²) in [5, 5.41) is 6.39. The van der Waals surface area contributed by atoms with E-state index in [1.165, 1.54) is 127 Å². The maximum Gasteiger partial charge on any atom is 0.216 e. The Morgan fingerprint density at radius 3 is 1.04 bits per heavy atom. The number of ether oxygens (including phenoxy) is 4. The number of benzene rings is 12. The highest BCUT2D eigenvalue weighted by Crippen LogP contribution is 2.57. The van der Waals surface area contributed by atoms with Gasteiger partial charge in [-0.05, 0) is 263 Å². The van der Waals surface area contributed by atoms with Gasteiger partial charge in [0.15, 0.2) is 58.4 Å². The van der Waals surface area contributed by atoms with Gasteiger partial charge in [-0.1, -0.05) is 274 Å². The molecule has 766 valence electrons. The van der Waals surface area contributed by atoms with Crippen molar-refractivity contribution in [2.45, 2.75) is 247 Å². The summed E-state index contributed by atoms with van der Waals surface area (Å²) in [6.45, 7) is 62.3. The largest absolute Gasteiger partial charge is 0.449 e. The highest BCUT2D eigenvalue weighted by molar-refractivity contribution is 7.99. The number of aromatic nitrogens is 2. The van der Waals surface area contributed by atoms with E-state index in [-0.39, 0.29) is 27.1 Å². The number of para-hydroxylation sites is 4. The van der Waals surface area contributed by atoms with Crippen molar-refractivity contribution in [2.75, 3.05) is 47.8 Å². The lowest BCUT2D eigenvalue weighted by Gasteiger charge is -2.44. The molecule has 0 radical (unpaired) electrons. The quantitative estimate of drug-likeness (QED) is 0.117. The molecule has 17 heteroatoms. The molecule has 0 spiro atoms. The molecule has 24 rings (SSSR count). The van der Waals surface area contributed by atoms with Crippen LogP contribution in [0.25, 0.3) is 22.5 Å². The third-order valence-electron chi connectivity index (χ3n) is 34.3. The molecule has 9 aliphatic heterocycles. The summed E-state index contributed by atoms with van der Waals surface area (Å²) in [5.41, 5.74) is 36.2. The van der Waals surface area contributed by atoms with Gasteiger partial charge in [0.2, 0.25) is 11.4 Å². The number of fused-ring (bicyclic) bond motifs is 12. The number of hydrogen-bond donors (Lipinski definition) is 0. The number of nitrogens with zero attached hydrogens (tertiary/aromatic N) is 10. The monoisotopic (exact) mass is 2030 g/mol. The third kappa shape index (κ3) is 18.2. The van der Waals surface area contributed by atoms with Crippen LogP contribution in [0.2, 0.25) is 26.2 Å². The van der Waals surface area contributed by atoms with E-state index in [1.807, 2.05) is 72.4 Å². The van der Waals surface area contributed by atoms with Crippen molar-refractivity contribution in [3.05, 3.63) is 404 Å². The first-order valence-corrected chi connectivity index (χ1v) is 59.9. The van der Waals surface area contributed by atoms with Gasteiger partial charge < -0.3 is 58.1 Å². The van der Waals surface area contributed by atoms with E-state index < -0.39 is 16.1 Å². The normalized spacial score (nSPS) is 18.9. The molecule has 4 atom stereocenters. The Morgan fingerprint density at radius 2 is 0.597 bits per heavy atom. The van der Waals surface area contributed by atoms with Crippen molar-refractivity contribution in [3.8, 4) is 68.5 Å². The number of rotatable bonds is 6. The van der Waals surface area contributed by atoms with Gasteiger partial charge in [-0.15, -0.1) is 0 Å². The van der Waals surface area contributed by atoms with Crippen LogP contribution < -0.4 is 68.4 Å².